The Morgan fingerprint density at radius 1 is 0.969 bits per heavy atom. The molecule has 0 saturated carbocycles. The van der Waals surface area contributed by atoms with Crippen molar-refractivity contribution in [1.29, 1.82) is 0 Å². The first-order valence-corrected chi connectivity index (χ1v) is 11.6. The van der Waals surface area contributed by atoms with Gasteiger partial charge in [-0.15, -0.1) is 0 Å². The first-order chi connectivity index (χ1) is 15.3. The molecule has 2 aliphatic heterocycles. The van der Waals surface area contributed by atoms with E-state index in [4.69, 9.17) is 9.47 Å². The monoisotopic (exact) mass is 447 g/mol. The molecule has 1 unspecified atom stereocenters. The molecule has 0 aliphatic carbocycles. The molecule has 3 atom stereocenters. The number of hydrogen-bond acceptors (Lipinski definition) is 3. The highest BCUT2D eigenvalue weighted by atomic mass is 19.4. The molecular formula is C26H32F3NO2. The van der Waals surface area contributed by atoms with Gasteiger partial charge in [0.25, 0.3) is 0 Å². The van der Waals surface area contributed by atoms with Crippen LogP contribution in [0.25, 0.3) is 0 Å². The van der Waals surface area contributed by atoms with Crippen LogP contribution in [0, 0.1) is 5.92 Å². The summed E-state index contributed by atoms with van der Waals surface area (Å²) in [6.45, 7) is 5.22. The summed E-state index contributed by atoms with van der Waals surface area (Å²) in [7, 11) is 0. The van der Waals surface area contributed by atoms with E-state index in [0.717, 1.165) is 44.4 Å². The molecule has 174 valence electrons. The zero-order valence-corrected chi connectivity index (χ0v) is 18.8. The predicted molar refractivity (Wildman–Crippen MR) is 119 cm³/mol. The van der Waals surface area contributed by atoms with Crippen LogP contribution in [0.15, 0.2) is 48.5 Å². The number of fused-ring (bicyclic) bond motifs is 2. The van der Waals surface area contributed by atoms with Gasteiger partial charge in [-0.1, -0.05) is 50.6 Å². The average molecular weight is 448 g/mol. The minimum atomic E-state index is -4.41. The van der Waals surface area contributed by atoms with Gasteiger partial charge in [0, 0.05) is 18.6 Å². The summed E-state index contributed by atoms with van der Waals surface area (Å²) in [5.74, 6) is 0.807. The summed E-state index contributed by atoms with van der Waals surface area (Å²) < 4.78 is 51.7. The van der Waals surface area contributed by atoms with Crippen molar-refractivity contribution in [3.05, 3.63) is 59.7 Å². The molecule has 0 aromatic heterocycles. The van der Waals surface area contributed by atoms with Gasteiger partial charge in [-0.05, 0) is 55.4 Å². The van der Waals surface area contributed by atoms with Crippen molar-refractivity contribution in [1.82, 2.24) is 4.90 Å². The Morgan fingerprint density at radius 2 is 1.66 bits per heavy atom. The van der Waals surface area contributed by atoms with Crippen molar-refractivity contribution >= 4 is 0 Å². The summed E-state index contributed by atoms with van der Waals surface area (Å²) >= 11 is 0. The Bertz CT molecular complexity index is 870. The van der Waals surface area contributed by atoms with Gasteiger partial charge in [-0.3, -0.25) is 4.90 Å². The van der Waals surface area contributed by atoms with E-state index in [-0.39, 0.29) is 17.8 Å². The molecule has 2 saturated heterocycles. The number of hydrogen-bond donors (Lipinski definition) is 0. The Balaban J connectivity index is 1.48. The van der Waals surface area contributed by atoms with Gasteiger partial charge in [-0.25, -0.2) is 0 Å². The minimum absolute atomic E-state index is 0.0181. The van der Waals surface area contributed by atoms with Crippen LogP contribution in [0.1, 0.15) is 57.1 Å². The van der Waals surface area contributed by atoms with Gasteiger partial charge >= 0.3 is 6.18 Å². The molecule has 2 heterocycles. The molecule has 2 aromatic rings. The lowest BCUT2D eigenvalue weighted by Gasteiger charge is -2.48. The highest BCUT2D eigenvalue weighted by Crippen LogP contribution is 2.40. The number of alkyl halides is 3. The molecule has 32 heavy (non-hydrogen) atoms. The van der Waals surface area contributed by atoms with Crippen LogP contribution < -0.4 is 9.47 Å². The molecule has 2 aliphatic rings. The number of nitrogens with zero attached hydrogens (tertiary/aromatic N) is 1. The maximum absolute atomic E-state index is 13.2. The second-order valence-electron chi connectivity index (χ2n) is 9.47. The third-order valence-corrected chi connectivity index (χ3v) is 6.43. The lowest BCUT2D eigenvalue weighted by molar-refractivity contribution is -0.137. The van der Waals surface area contributed by atoms with Crippen molar-refractivity contribution < 1.29 is 22.6 Å². The fourth-order valence-corrected chi connectivity index (χ4v) is 4.91. The highest BCUT2D eigenvalue weighted by molar-refractivity contribution is 5.44. The minimum Gasteiger partial charge on any atom is -0.489 e. The van der Waals surface area contributed by atoms with Gasteiger partial charge in [0.1, 0.15) is 6.10 Å². The molecule has 0 spiro atoms. The van der Waals surface area contributed by atoms with Crippen molar-refractivity contribution in [3.8, 4) is 11.5 Å². The van der Waals surface area contributed by atoms with E-state index in [1.54, 1.807) is 0 Å². The normalized spacial score (nSPS) is 23.9. The molecule has 0 N–H and O–H groups in total. The second kappa shape index (κ2) is 9.74. The molecule has 2 bridgehead atoms. The summed E-state index contributed by atoms with van der Waals surface area (Å²) in [4.78, 5) is 2.60. The van der Waals surface area contributed by atoms with Crippen LogP contribution in [-0.2, 0) is 12.7 Å². The van der Waals surface area contributed by atoms with E-state index in [1.165, 1.54) is 18.1 Å². The van der Waals surface area contributed by atoms with E-state index in [2.05, 4.69) is 29.2 Å². The molecule has 2 aromatic carbocycles. The van der Waals surface area contributed by atoms with Gasteiger partial charge in [0.15, 0.2) is 11.5 Å². The topological polar surface area (TPSA) is 21.7 Å². The summed E-state index contributed by atoms with van der Waals surface area (Å²) in [5, 5.41) is 0. The SMILES string of the molecule is CC(C)COc1cc(C(F)(F)F)ccc1OC1C[C@H]2CCC[C@@H](C1)N2Cc1ccccc1. The molecule has 4 rings (SSSR count). The Labute approximate surface area is 188 Å². The lowest BCUT2D eigenvalue weighted by Crippen LogP contribution is -2.53. The van der Waals surface area contributed by atoms with Gasteiger partial charge in [0.2, 0.25) is 0 Å². The van der Waals surface area contributed by atoms with E-state index < -0.39 is 11.7 Å². The van der Waals surface area contributed by atoms with E-state index in [9.17, 15) is 13.2 Å². The van der Waals surface area contributed by atoms with Crippen LogP contribution in [0.4, 0.5) is 13.2 Å². The van der Waals surface area contributed by atoms with Gasteiger partial charge in [0.05, 0.1) is 12.2 Å². The van der Waals surface area contributed by atoms with Crippen LogP contribution in [0.3, 0.4) is 0 Å². The average Bonchev–Trinajstić information content (AvgIpc) is 2.73. The maximum Gasteiger partial charge on any atom is 0.416 e. The summed E-state index contributed by atoms with van der Waals surface area (Å²) in [6.07, 6.45) is 0.822. The van der Waals surface area contributed by atoms with Crippen molar-refractivity contribution in [2.75, 3.05) is 6.61 Å². The van der Waals surface area contributed by atoms with Crippen LogP contribution in [-0.4, -0.2) is 29.7 Å². The maximum atomic E-state index is 13.2. The Kier molecular flexibility index (Phi) is 6.99. The predicted octanol–water partition coefficient (Wildman–Crippen LogP) is 6.70. The van der Waals surface area contributed by atoms with Crippen molar-refractivity contribution in [3.63, 3.8) is 0 Å². The first-order valence-electron chi connectivity index (χ1n) is 11.6. The fourth-order valence-electron chi connectivity index (χ4n) is 4.91. The van der Waals surface area contributed by atoms with Gasteiger partial charge < -0.3 is 9.47 Å². The van der Waals surface area contributed by atoms with E-state index >= 15 is 0 Å². The highest BCUT2D eigenvalue weighted by Gasteiger charge is 2.39. The van der Waals surface area contributed by atoms with E-state index in [1.807, 2.05) is 19.9 Å². The molecule has 6 heteroatoms. The quantitative estimate of drug-likeness (QED) is 0.471. The summed E-state index contributed by atoms with van der Waals surface area (Å²) in [6, 6.07) is 15.0. The number of piperidine rings is 2. The van der Waals surface area contributed by atoms with Crippen LogP contribution in [0.2, 0.25) is 0 Å². The molecule has 3 nitrogen and oxygen atoms in total. The number of benzene rings is 2. The summed E-state index contributed by atoms with van der Waals surface area (Å²) in [5.41, 5.74) is 0.606. The standard InChI is InChI=1S/C26H32F3NO2/c1-18(2)17-31-25-13-20(26(27,28)29)11-12-24(25)32-23-14-21-9-6-10-22(15-23)30(21)16-19-7-4-3-5-8-19/h3-5,7-8,11-13,18,21-23H,6,9-10,14-17H2,1-2H3/t21-,22+,23?. The Hall–Kier alpha value is -2.21. The third kappa shape index (κ3) is 5.58. The smallest absolute Gasteiger partial charge is 0.416 e. The Morgan fingerprint density at radius 3 is 2.28 bits per heavy atom. The molecule has 0 radical (unpaired) electrons. The van der Waals surface area contributed by atoms with E-state index in [0.29, 0.717) is 24.4 Å². The molecular weight excluding hydrogens is 415 g/mol. The van der Waals surface area contributed by atoms with Gasteiger partial charge in [-0.2, -0.15) is 13.2 Å². The number of rotatable bonds is 7. The molecule has 0 amide bonds. The van der Waals surface area contributed by atoms with Crippen molar-refractivity contribution in [2.45, 2.75) is 76.9 Å². The zero-order chi connectivity index (χ0) is 22.7. The van der Waals surface area contributed by atoms with Crippen molar-refractivity contribution in [2.24, 2.45) is 5.92 Å². The van der Waals surface area contributed by atoms with Crippen LogP contribution >= 0.6 is 0 Å². The molecule has 2 fully saturated rings. The lowest BCUT2D eigenvalue weighted by atomic mass is 9.82. The first kappa shape index (κ1) is 23.0. The number of halogens is 3. The zero-order valence-electron chi connectivity index (χ0n) is 18.8. The van der Waals surface area contributed by atoms with Crippen LogP contribution in [0.5, 0.6) is 11.5 Å². The third-order valence-electron chi connectivity index (χ3n) is 6.43. The largest absolute Gasteiger partial charge is 0.489 e. The second-order valence-corrected chi connectivity index (χ2v) is 9.47. The number of ether oxygens (including phenoxy) is 2. The fraction of sp³-hybridized carbons (Fsp3) is 0.538.